The highest BCUT2D eigenvalue weighted by Crippen LogP contribution is 2.45. The number of para-hydroxylation sites is 1. The molecule has 0 saturated carbocycles. The molecule has 6 rings (SSSR count). The van der Waals surface area contributed by atoms with Crippen LogP contribution in [-0.2, 0) is 17.6 Å². The van der Waals surface area contributed by atoms with Gasteiger partial charge in [0.15, 0.2) is 17.2 Å². The number of carbonyl (C=O) groups is 1. The van der Waals surface area contributed by atoms with Gasteiger partial charge in [0.05, 0.1) is 18.3 Å². The Kier molecular flexibility index (Phi) is 4.57. The summed E-state index contributed by atoms with van der Waals surface area (Å²) in [6, 6.07) is 16.2. The highest BCUT2D eigenvalue weighted by molar-refractivity contribution is 5.86. The van der Waals surface area contributed by atoms with E-state index in [1.807, 2.05) is 30.3 Å². The van der Waals surface area contributed by atoms with Crippen LogP contribution in [0.5, 0.6) is 17.2 Å². The molecule has 1 N–H and O–H groups in total. The molecule has 7 heteroatoms. The first-order chi connectivity index (χ1) is 16.2. The highest BCUT2D eigenvalue weighted by Gasteiger charge is 2.35. The lowest BCUT2D eigenvalue weighted by Gasteiger charge is -2.29. The molecule has 0 spiro atoms. The molecular weight excluding hydrogens is 420 g/mol. The molecule has 0 radical (unpaired) electrons. The lowest BCUT2D eigenvalue weighted by atomic mass is 9.92. The number of carbonyl (C=O) groups excluding carboxylic acids is 1. The fourth-order valence-corrected chi connectivity index (χ4v) is 5.03. The number of aromatic nitrogens is 2. The van der Waals surface area contributed by atoms with E-state index in [9.17, 15) is 4.79 Å². The summed E-state index contributed by atoms with van der Waals surface area (Å²) in [6.45, 7) is 4.37. The monoisotopic (exact) mass is 444 g/mol. The van der Waals surface area contributed by atoms with Crippen LogP contribution in [0.15, 0.2) is 48.5 Å². The van der Waals surface area contributed by atoms with Crippen LogP contribution in [0.25, 0.3) is 10.9 Å². The van der Waals surface area contributed by atoms with Crippen LogP contribution in [0.3, 0.4) is 0 Å². The zero-order valence-electron chi connectivity index (χ0n) is 18.5. The minimum Gasteiger partial charge on any atom is -0.454 e. The van der Waals surface area contributed by atoms with Crippen LogP contribution < -0.4 is 14.2 Å². The van der Waals surface area contributed by atoms with E-state index in [1.165, 1.54) is 10.9 Å². The van der Waals surface area contributed by atoms with Crippen LogP contribution in [0.1, 0.15) is 48.1 Å². The Morgan fingerprint density at radius 3 is 2.82 bits per heavy atom. The van der Waals surface area contributed by atoms with Gasteiger partial charge >= 0.3 is 6.16 Å². The van der Waals surface area contributed by atoms with Crippen molar-refractivity contribution in [1.82, 2.24) is 9.55 Å². The molecule has 1 unspecified atom stereocenters. The summed E-state index contributed by atoms with van der Waals surface area (Å²) in [4.78, 5) is 15.9. The fourth-order valence-electron chi connectivity index (χ4n) is 5.03. The van der Waals surface area contributed by atoms with E-state index in [-0.39, 0.29) is 19.4 Å². The summed E-state index contributed by atoms with van der Waals surface area (Å²) in [5, 5.41) is 1.17. The predicted molar refractivity (Wildman–Crippen MR) is 122 cm³/mol. The van der Waals surface area contributed by atoms with Crippen LogP contribution in [0, 0.1) is 0 Å². The number of hydrogen-bond donors (Lipinski definition) is 1. The summed E-state index contributed by atoms with van der Waals surface area (Å²) in [7, 11) is 0. The standard InChI is InChI=1S/C26H24N2O5/c1-3-16-12-22(33-26(29)30-4-2)20-13-18-17-7-5-6-8-19(17)27-24(18)25(28(16)20)15-9-10-21-23(11-15)32-14-31-21/h5-12,25,27H,3-4,13-14H2,1-2H3. The van der Waals surface area contributed by atoms with E-state index in [0.29, 0.717) is 12.2 Å². The Morgan fingerprint density at radius 2 is 1.97 bits per heavy atom. The minimum absolute atomic E-state index is 0.125. The number of hydrogen-bond acceptors (Lipinski definition) is 5. The van der Waals surface area contributed by atoms with Crippen molar-refractivity contribution in [3.63, 3.8) is 0 Å². The van der Waals surface area contributed by atoms with Gasteiger partial charge in [-0.3, -0.25) is 0 Å². The first-order valence-corrected chi connectivity index (χ1v) is 11.2. The van der Waals surface area contributed by atoms with E-state index < -0.39 is 6.16 Å². The maximum absolute atomic E-state index is 12.2. The first kappa shape index (κ1) is 19.8. The maximum atomic E-state index is 12.2. The van der Waals surface area contributed by atoms with Gasteiger partial charge in [0, 0.05) is 34.8 Å². The Bertz CT molecular complexity index is 1380. The number of H-pyrrole nitrogens is 1. The topological polar surface area (TPSA) is 74.7 Å². The summed E-state index contributed by atoms with van der Waals surface area (Å²) in [5.41, 5.74) is 6.53. The summed E-state index contributed by atoms with van der Waals surface area (Å²) in [5.74, 6) is 2.04. The lowest BCUT2D eigenvalue weighted by Crippen LogP contribution is -2.23. The van der Waals surface area contributed by atoms with Crippen molar-refractivity contribution in [1.29, 1.82) is 0 Å². The number of rotatable bonds is 4. The molecule has 0 aliphatic carbocycles. The average Bonchev–Trinajstić information content (AvgIpc) is 3.53. The van der Waals surface area contributed by atoms with E-state index >= 15 is 0 Å². The molecule has 2 aromatic carbocycles. The number of ether oxygens (including phenoxy) is 4. The third kappa shape index (κ3) is 3.07. The van der Waals surface area contributed by atoms with Crippen molar-refractivity contribution in [2.45, 2.75) is 32.7 Å². The minimum atomic E-state index is -0.682. The molecule has 0 bridgehead atoms. The Labute approximate surface area is 190 Å². The Balaban J connectivity index is 1.57. The van der Waals surface area contributed by atoms with Gasteiger partial charge in [0.2, 0.25) is 6.79 Å². The second kappa shape index (κ2) is 7.62. The largest absolute Gasteiger partial charge is 0.513 e. The number of nitrogens with one attached hydrogen (secondary N) is 1. The highest BCUT2D eigenvalue weighted by atomic mass is 16.7. The van der Waals surface area contributed by atoms with E-state index in [4.69, 9.17) is 18.9 Å². The second-order valence-corrected chi connectivity index (χ2v) is 8.21. The van der Waals surface area contributed by atoms with E-state index in [2.05, 4.69) is 34.7 Å². The van der Waals surface area contributed by atoms with Crippen molar-refractivity contribution in [3.05, 3.63) is 76.7 Å². The number of fused-ring (bicyclic) bond motifs is 5. The molecule has 2 aromatic heterocycles. The summed E-state index contributed by atoms with van der Waals surface area (Å²) in [6.07, 6.45) is 0.753. The number of nitrogens with zero attached hydrogens (tertiary/aromatic N) is 1. The first-order valence-electron chi connectivity index (χ1n) is 11.2. The molecule has 7 nitrogen and oxygen atoms in total. The SMILES string of the molecule is CCOC(=O)Oc1cc(CC)n2c1Cc1c([nH]c3ccccc13)C2c1ccc2c(c1)OCO2. The third-order valence-electron chi connectivity index (χ3n) is 6.43. The van der Waals surface area contributed by atoms with Crippen molar-refractivity contribution in [2.75, 3.05) is 13.4 Å². The zero-order valence-corrected chi connectivity index (χ0v) is 18.5. The molecule has 4 heterocycles. The molecule has 2 aliphatic heterocycles. The fraction of sp³-hybridized carbons (Fsp3) is 0.269. The van der Waals surface area contributed by atoms with Crippen molar-refractivity contribution < 1.29 is 23.7 Å². The predicted octanol–water partition coefficient (Wildman–Crippen LogP) is 5.34. The van der Waals surface area contributed by atoms with E-state index in [0.717, 1.165) is 46.1 Å². The molecule has 33 heavy (non-hydrogen) atoms. The third-order valence-corrected chi connectivity index (χ3v) is 6.43. The van der Waals surface area contributed by atoms with Gasteiger partial charge in [0.1, 0.15) is 0 Å². The molecule has 0 amide bonds. The number of benzene rings is 2. The van der Waals surface area contributed by atoms with Gasteiger partial charge in [-0.15, -0.1) is 0 Å². The van der Waals surface area contributed by atoms with Gasteiger partial charge in [-0.25, -0.2) is 4.79 Å². The van der Waals surface area contributed by atoms with Crippen molar-refractivity contribution >= 4 is 17.1 Å². The van der Waals surface area contributed by atoms with Gasteiger partial charge in [0.25, 0.3) is 0 Å². The summed E-state index contributed by atoms with van der Waals surface area (Å²) >= 11 is 0. The molecule has 2 aliphatic rings. The van der Waals surface area contributed by atoms with Gasteiger partial charge in [-0.05, 0) is 42.7 Å². The van der Waals surface area contributed by atoms with Crippen LogP contribution >= 0.6 is 0 Å². The molecule has 4 aromatic rings. The smallest absolute Gasteiger partial charge is 0.454 e. The van der Waals surface area contributed by atoms with Gasteiger partial charge in [-0.1, -0.05) is 31.2 Å². The van der Waals surface area contributed by atoms with E-state index in [1.54, 1.807) is 6.92 Å². The zero-order chi connectivity index (χ0) is 22.5. The summed E-state index contributed by atoms with van der Waals surface area (Å²) < 4.78 is 24.2. The molecule has 168 valence electrons. The molecular formula is C26H24N2O5. The lowest BCUT2D eigenvalue weighted by molar-refractivity contribution is 0.104. The normalized spacial score (nSPS) is 15.9. The second-order valence-electron chi connectivity index (χ2n) is 8.21. The molecule has 0 saturated heterocycles. The van der Waals surface area contributed by atoms with Crippen LogP contribution in [0.4, 0.5) is 4.79 Å². The number of aryl methyl sites for hydroxylation is 1. The Hall–Kier alpha value is -3.87. The van der Waals surface area contributed by atoms with Gasteiger partial charge < -0.3 is 28.5 Å². The van der Waals surface area contributed by atoms with Gasteiger partial charge in [-0.2, -0.15) is 0 Å². The molecule has 0 fully saturated rings. The van der Waals surface area contributed by atoms with Crippen LogP contribution in [0.2, 0.25) is 0 Å². The van der Waals surface area contributed by atoms with Crippen molar-refractivity contribution in [2.24, 2.45) is 0 Å². The quantitative estimate of drug-likeness (QED) is 0.379. The van der Waals surface area contributed by atoms with Crippen LogP contribution in [-0.4, -0.2) is 29.1 Å². The maximum Gasteiger partial charge on any atom is 0.513 e. The van der Waals surface area contributed by atoms with Crippen molar-refractivity contribution in [3.8, 4) is 17.2 Å². The number of aromatic amines is 1. The Morgan fingerprint density at radius 1 is 1.12 bits per heavy atom. The molecule has 1 atom stereocenters. The average molecular weight is 444 g/mol.